The van der Waals surface area contributed by atoms with Gasteiger partial charge in [-0.15, -0.1) is 0 Å². The molecule has 5 rings (SSSR count). The summed E-state index contributed by atoms with van der Waals surface area (Å²) in [6.45, 7) is 3.79. The van der Waals surface area contributed by atoms with Gasteiger partial charge in [0.2, 0.25) is 10.0 Å². The van der Waals surface area contributed by atoms with Gasteiger partial charge in [0, 0.05) is 36.6 Å². The topological polar surface area (TPSA) is 150 Å². The number of sulfonamides is 1. The molecule has 1 aliphatic carbocycles. The van der Waals surface area contributed by atoms with Gasteiger partial charge in [0.15, 0.2) is 0 Å². The van der Waals surface area contributed by atoms with E-state index in [0.29, 0.717) is 12.8 Å². The Morgan fingerprint density at radius 1 is 0.955 bits per heavy atom. The van der Waals surface area contributed by atoms with Crippen LogP contribution in [0.1, 0.15) is 41.3 Å². The molecule has 44 heavy (non-hydrogen) atoms. The first-order valence-electron chi connectivity index (χ1n) is 14.1. The van der Waals surface area contributed by atoms with Crippen molar-refractivity contribution in [1.29, 1.82) is 0 Å². The fourth-order valence-electron chi connectivity index (χ4n) is 6.07. The Balaban J connectivity index is 1.51. The highest BCUT2D eigenvalue weighted by molar-refractivity contribution is 7.89. The average molecular weight is 618 g/mol. The van der Waals surface area contributed by atoms with Gasteiger partial charge in [-0.3, -0.25) is 20.2 Å². The van der Waals surface area contributed by atoms with E-state index < -0.39 is 43.3 Å². The van der Waals surface area contributed by atoms with Gasteiger partial charge in [-0.1, -0.05) is 60.2 Å². The van der Waals surface area contributed by atoms with Gasteiger partial charge in [0.1, 0.15) is 0 Å². The number of nitro groups is 2. The highest BCUT2D eigenvalue weighted by Gasteiger charge is 2.46. The first-order valence-corrected chi connectivity index (χ1v) is 15.5. The molecule has 12 heteroatoms. The molecule has 0 amide bonds. The fraction of sp³-hybridized carbons (Fsp3) is 0.281. The van der Waals surface area contributed by atoms with Crippen LogP contribution in [0.4, 0.5) is 11.4 Å². The van der Waals surface area contributed by atoms with E-state index in [0.717, 1.165) is 40.5 Å². The SMILES string of the molecule is Cc1ccc(S(=O)(=O)N2C/C3=C(\c4ccccc4)C/C=C\C[C@@H](COC(=O)c4cc([N+](=O)[O-])cc([N+](=O)[O-])c4)[C@H]3[C@@H]2C)cc1. The Morgan fingerprint density at radius 2 is 1.59 bits per heavy atom. The highest BCUT2D eigenvalue weighted by atomic mass is 32.2. The normalized spacial score (nSPS) is 22.8. The van der Waals surface area contributed by atoms with Crippen molar-refractivity contribution in [1.82, 2.24) is 4.31 Å². The van der Waals surface area contributed by atoms with Crippen LogP contribution in [0, 0.1) is 39.0 Å². The summed E-state index contributed by atoms with van der Waals surface area (Å²) in [7, 11) is -3.87. The number of nitrogens with zero attached hydrogens (tertiary/aromatic N) is 3. The van der Waals surface area contributed by atoms with Crippen molar-refractivity contribution in [2.75, 3.05) is 13.2 Å². The van der Waals surface area contributed by atoms with Gasteiger partial charge >= 0.3 is 5.97 Å². The Labute approximate surface area is 254 Å². The van der Waals surface area contributed by atoms with Crippen molar-refractivity contribution in [3.8, 4) is 0 Å². The standard InChI is InChI=1S/C32H31N3O8S/c1-21-12-14-28(15-13-21)44(41,42)33-19-30-29(23-8-4-3-5-9-23)11-7-6-10-24(31(30)22(33)2)20-43-32(36)25-16-26(34(37)38)18-27(17-25)35(39)40/h3-9,12-18,22,24,31H,10-11,19-20H2,1-2H3/b7-6-,30-29+/t22-,24-,31+/m0/s1. The molecule has 0 radical (unpaired) electrons. The molecule has 11 nitrogen and oxygen atoms in total. The Hall–Kier alpha value is -4.68. The summed E-state index contributed by atoms with van der Waals surface area (Å²) in [6.07, 6.45) is 5.10. The molecule has 0 unspecified atom stereocenters. The van der Waals surface area contributed by atoms with E-state index in [2.05, 4.69) is 0 Å². The molecule has 1 aliphatic heterocycles. The first kappa shape index (κ1) is 30.8. The van der Waals surface area contributed by atoms with Gasteiger partial charge in [-0.05, 0) is 55.5 Å². The second kappa shape index (κ2) is 12.5. The van der Waals surface area contributed by atoms with E-state index in [1.54, 1.807) is 24.3 Å². The van der Waals surface area contributed by atoms with Gasteiger partial charge in [-0.2, -0.15) is 4.31 Å². The van der Waals surface area contributed by atoms with Gasteiger partial charge in [0.05, 0.1) is 33.0 Å². The summed E-state index contributed by atoms with van der Waals surface area (Å²) in [6, 6.07) is 18.7. The van der Waals surface area contributed by atoms with Crippen molar-refractivity contribution in [3.05, 3.63) is 127 Å². The zero-order valence-corrected chi connectivity index (χ0v) is 25.0. The monoisotopic (exact) mass is 617 g/mol. The molecule has 0 saturated carbocycles. The van der Waals surface area contributed by atoms with E-state index in [1.165, 1.54) is 4.31 Å². The molecule has 0 N–H and O–H groups in total. The minimum Gasteiger partial charge on any atom is -0.462 e. The number of aryl methyl sites for hydroxylation is 1. The summed E-state index contributed by atoms with van der Waals surface area (Å²) in [5.41, 5.74) is 2.35. The summed E-state index contributed by atoms with van der Waals surface area (Å²) in [5, 5.41) is 22.7. The van der Waals surface area contributed by atoms with Crippen LogP contribution in [-0.4, -0.2) is 47.7 Å². The van der Waals surface area contributed by atoms with Crippen molar-refractivity contribution in [2.45, 2.75) is 37.6 Å². The number of hydrogen-bond acceptors (Lipinski definition) is 8. The van der Waals surface area contributed by atoms with Gasteiger partial charge in [-0.25, -0.2) is 13.2 Å². The predicted molar refractivity (Wildman–Crippen MR) is 163 cm³/mol. The molecule has 0 aromatic heterocycles. The Bertz CT molecular complexity index is 1740. The molecule has 1 heterocycles. The number of benzene rings is 3. The number of allylic oxidation sites excluding steroid dienone is 3. The molecule has 0 bridgehead atoms. The van der Waals surface area contributed by atoms with Crippen LogP contribution >= 0.6 is 0 Å². The van der Waals surface area contributed by atoms with Crippen molar-refractivity contribution < 1.29 is 27.8 Å². The van der Waals surface area contributed by atoms with Crippen LogP contribution in [0.25, 0.3) is 5.57 Å². The third-order valence-electron chi connectivity index (χ3n) is 8.26. The lowest BCUT2D eigenvalue weighted by molar-refractivity contribution is -0.394. The molecule has 3 aromatic carbocycles. The summed E-state index contributed by atoms with van der Waals surface area (Å²) in [4.78, 5) is 34.3. The minimum atomic E-state index is -3.87. The largest absolute Gasteiger partial charge is 0.462 e. The van der Waals surface area contributed by atoms with Crippen LogP contribution in [0.5, 0.6) is 0 Å². The Morgan fingerprint density at radius 3 is 2.20 bits per heavy atom. The second-order valence-electron chi connectivity index (χ2n) is 11.0. The quantitative estimate of drug-likeness (QED) is 0.127. The molecular formula is C32H31N3O8S. The average Bonchev–Trinajstić information content (AvgIpc) is 3.34. The van der Waals surface area contributed by atoms with E-state index in [4.69, 9.17) is 4.74 Å². The van der Waals surface area contributed by atoms with Crippen molar-refractivity contribution in [2.24, 2.45) is 11.8 Å². The minimum absolute atomic E-state index is 0.126. The number of non-ortho nitro benzene ring substituents is 2. The molecule has 3 atom stereocenters. The summed E-state index contributed by atoms with van der Waals surface area (Å²) < 4.78 is 35.0. The molecule has 0 spiro atoms. The first-order chi connectivity index (χ1) is 21.0. The number of esters is 1. The maximum Gasteiger partial charge on any atom is 0.338 e. The summed E-state index contributed by atoms with van der Waals surface area (Å²) in [5.74, 6) is -1.60. The van der Waals surface area contributed by atoms with Crippen LogP contribution in [0.2, 0.25) is 0 Å². The maximum atomic E-state index is 13.9. The molecular weight excluding hydrogens is 586 g/mol. The van der Waals surface area contributed by atoms with E-state index in [-0.39, 0.29) is 35.4 Å². The molecule has 1 fully saturated rings. The predicted octanol–water partition coefficient (Wildman–Crippen LogP) is 6.10. The van der Waals surface area contributed by atoms with Crippen LogP contribution < -0.4 is 0 Å². The van der Waals surface area contributed by atoms with E-state index >= 15 is 0 Å². The highest BCUT2D eigenvalue weighted by Crippen LogP contribution is 2.45. The smallest absolute Gasteiger partial charge is 0.338 e. The van der Waals surface area contributed by atoms with E-state index in [9.17, 15) is 33.4 Å². The number of fused-ring (bicyclic) bond motifs is 1. The third kappa shape index (κ3) is 6.17. The number of hydrogen-bond donors (Lipinski definition) is 0. The zero-order valence-electron chi connectivity index (χ0n) is 24.2. The molecule has 1 saturated heterocycles. The fourth-order valence-corrected chi connectivity index (χ4v) is 7.69. The molecule has 228 valence electrons. The molecule has 2 aliphatic rings. The van der Waals surface area contributed by atoms with Crippen molar-refractivity contribution >= 4 is 32.9 Å². The van der Waals surface area contributed by atoms with Gasteiger partial charge < -0.3 is 4.74 Å². The van der Waals surface area contributed by atoms with Crippen LogP contribution in [0.3, 0.4) is 0 Å². The second-order valence-corrected chi connectivity index (χ2v) is 12.9. The number of nitro benzene ring substituents is 2. The number of ether oxygens (including phenoxy) is 1. The Kier molecular flexibility index (Phi) is 8.75. The number of carbonyl (C=O) groups is 1. The molecule has 3 aromatic rings. The summed E-state index contributed by atoms with van der Waals surface area (Å²) >= 11 is 0. The lowest BCUT2D eigenvalue weighted by Gasteiger charge is -2.31. The lowest BCUT2D eigenvalue weighted by Crippen LogP contribution is -2.38. The van der Waals surface area contributed by atoms with Gasteiger partial charge in [0.25, 0.3) is 11.4 Å². The van der Waals surface area contributed by atoms with Crippen LogP contribution in [0.15, 0.2) is 95.4 Å². The van der Waals surface area contributed by atoms with E-state index in [1.807, 2.05) is 56.3 Å². The van der Waals surface area contributed by atoms with Crippen molar-refractivity contribution in [3.63, 3.8) is 0 Å². The number of carbonyl (C=O) groups excluding carboxylic acids is 1. The third-order valence-corrected chi connectivity index (χ3v) is 10.2. The zero-order chi connectivity index (χ0) is 31.6. The van der Waals surface area contributed by atoms with Crippen LogP contribution in [-0.2, 0) is 14.8 Å². The maximum absolute atomic E-state index is 13.9. The lowest BCUT2D eigenvalue weighted by atomic mass is 9.77. The number of rotatable bonds is 8.